The number of aryl methyl sites for hydroxylation is 1. The van der Waals surface area contributed by atoms with Crippen LogP contribution >= 0.6 is 0 Å². The first-order chi connectivity index (χ1) is 10.0. The predicted molar refractivity (Wildman–Crippen MR) is 88.1 cm³/mol. The highest BCUT2D eigenvalue weighted by Gasteiger charge is 2.13. The largest absolute Gasteiger partial charge is 0.497 e. The summed E-state index contributed by atoms with van der Waals surface area (Å²) >= 11 is 0. The summed E-state index contributed by atoms with van der Waals surface area (Å²) in [4.78, 5) is 4.81. The van der Waals surface area contributed by atoms with Gasteiger partial charge in [0.15, 0.2) is 0 Å². The van der Waals surface area contributed by atoms with Gasteiger partial charge in [0.1, 0.15) is 11.6 Å². The third-order valence-corrected chi connectivity index (χ3v) is 3.62. The molecular weight excluding hydrogens is 262 g/mol. The van der Waals surface area contributed by atoms with Gasteiger partial charge in [0, 0.05) is 24.6 Å². The molecule has 21 heavy (non-hydrogen) atoms. The Morgan fingerprint density at radius 3 is 2.62 bits per heavy atom. The Morgan fingerprint density at radius 2 is 2.00 bits per heavy atom. The lowest BCUT2D eigenvalue weighted by Crippen LogP contribution is -2.24. The monoisotopic (exact) mass is 289 g/mol. The minimum atomic E-state index is 0.413. The predicted octanol–water partition coefficient (Wildman–Crippen LogP) is 3.56. The van der Waals surface area contributed by atoms with Crippen molar-refractivity contribution in [2.75, 3.05) is 13.7 Å². The number of benzene rings is 1. The quantitative estimate of drug-likeness (QED) is 0.792. The normalized spacial score (nSPS) is 11.8. The number of nitrogens with zero attached hydrogens (tertiary/aromatic N) is 2. The smallest absolute Gasteiger partial charge is 0.121 e. The Hall–Kier alpha value is -1.55. The van der Waals surface area contributed by atoms with Gasteiger partial charge < -0.3 is 14.6 Å². The molecule has 0 unspecified atom stereocenters. The van der Waals surface area contributed by atoms with Crippen LogP contribution in [-0.2, 0) is 6.42 Å². The number of imidazole rings is 1. The van der Waals surface area contributed by atoms with Gasteiger partial charge in [0.25, 0.3) is 0 Å². The second-order valence-corrected chi connectivity index (χ2v) is 6.06. The van der Waals surface area contributed by atoms with E-state index in [2.05, 4.69) is 43.6 Å². The van der Waals surface area contributed by atoms with Crippen molar-refractivity contribution in [1.29, 1.82) is 0 Å². The first kappa shape index (κ1) is 15.8. The van der Waals surface area contributed by atoms with E-state index in [0.717, 1.165) is 30.7 Å². The van der Waals surface area contributed by atoms with E-state index in [1.165, 1.54) is 11.3 Å². The highest BCUT2D eigenvalue weighted by molar-refractivity contribution is 5.78. The van der Waals surface area contributed by atoms with Gasteiger partial charge in [-0.05, 0) is 38.9 Å². The molecule has 0 saturated heterocycles. The van der Waals surface area contributed by atoms with Crippen molar-refractivity contribution in [2.24, 2.45) is 0 Å². The molecule has 4 nitrogen and oxygen atoms in total. The first-order valence-electron chi connectivity index (χ1n) is 7.81. The van der Waals surface area contributed by atoms with Crippen LogP contribution in [0.4, 0.5) is 0 Å². The molecule has 0 spiro atoms. The molecule has 0 amide bonds. The summed E-state index contributed by atoms with van der Waals surface area (Å²) in [6, 6.07) is 7.09. The lowest BCUT2D eigenvalue weighted by molar-refractivity contribution is 0.415. The number of aromatic nitrogens is 2. The molecule has 4 heteroatoms. The van der Waals surface area contributed by atoms with E-state index in [1.54, 1.807) is 7.11 Å². The van der Waals surface area contributed by atoms with Gasteiger partial charge in [-0.3, -0.25) is 0 Å². The number of fused-ring (bicyclic) bond motifs is 1. The number of ether oxygens (including phenoxy) is 1. The van der Waals surface area contributed by atoms with E-state index in [4.69, 9.17) is 9.72 Å². The Bertz CT molecular complexity index is 587. The minimum Gasteiger partial charge on any atom is -0.497 e. The van der Waals surface area contributed by atoms with E-state index < -0.39 is 0 Å². The molecule has 116 valence electrons. The minimum absolute atomic E-state index is 0.413. The fourth-order valence-electron chi connectivity index (χ4n) is 2.65. The van der Waals surface area contributed by atoms with E-state index in [-0.39, 0.29) is 0 Å². The van der Waals surface area contributed by atoms with Gasteiger partial charge in [-0.2, -0.15) is 0 Å². The SMILES string of the molecule is COc1ccc2c(c1)nc(CCCNC(C)C)n2C(C)C. The average Bonchev–Trinajstić information content (AvgIpc) is 2.80. The van der Waals surface area contributed by atoms with Crippen molar-refractivity contribution in [1.82, 2.24) is 14.9 Å². The van der Waals surface area contributed by atoms with Crippen LogP contribution in [0.5, 0.6) is 5.75 Å². The number of hydrogen-bond donors (Lipinski definition) is 1. The van der Waals surface area contributed by atoms with E-state index in [0.29, 0.717) is 12.1 Å². The van der Waals surface area contributed by atoms with Crippen LogP contribution in [0.15, 0.2) is 18.2 Å². The third kappa shape index (κ3) is 3.76. The maximum Gasteiger partial charge on any atom is 0.121 e. The highest BCUT2D eigenvalue weighted by atomic mass is 16.5. The fourth-order valence-corrected chi connectivity index (χ4v) is 2.65. The number of nitrogens with one attached hydrogen (secondary N) is 1. The molecule has 0 atom stereocenters. The Labute approximate surface area is 127 Å². The highest BCUT2D eigenvalue weighted by Crippen LogP contribution is 2.25. The second-order valence-electron chi connectivity index (χ2n) is 6.06. The number of hydrogen-bond acceptors (Lipinski definition) is 3. The maximum atomic E-state index is 5.30. The van der Waals surface area contributed by atoms with E-state index in [9.17, 15) is 0 Å². The molecule has 2 aromatic rings. The van der Waals surface area contributed by atoms with Crippen molar-refractivity contribution in [3.8, 4) is 5.75 Å². The molecule has 1 aromatic carbocycles. The van der Waals surface area contributed by atoms with E-state index in [1.807, 2.05) is 12.1 Å². The topological polar surface area (TPSA) is 39.1 Å². The molecule has 0 aliphatic heterocycles. The van der Waals surface area contributed by atoms with Crippen molar-refractivity contribution in [3.63, 3.8) is 0 Å². The molecule has 2 rings (SSSR count). The summed E-state index contributed by atoms with van der Waals surface area (Å²) in [7, 11) is 1.69. The lowest BCUT2D eigenvalue weighted by atomic mass is 10.2. The van der Waals surface area contributed by atoms with Gasteiger partial charge in [-0.1, -0.05) is 13.8 Å². The van der Waals surface area contributed by atoms with Crippen LogP contribution in [0, 0.1) is 0 Å². The summed E-state index contributed by atoms with van der Waals surface area (Å²) in [5, 5.41) is 3.46. The van der Waals surface area contributed by atoms with Crippen molar-refractivity contribution in [2.45, 2.75) is 52.6 Å². The van der Waals surface area contributed by atoms with Crippen LogP contribution in [0.3, 0.4) is 0 Å². The Balaban J connectivity index is 2.22. The zero-order chi connectivity index (χ0) is 15.4. The summed E-state index contributed by atoms with van der Waals surface area (Å²) in [5.74, 6) is 2.03. The van der Waals surface area contributed by atoms with Gasteiger partial charge in [-0.25, -0.2) is 4.98 Å². The molecule has 0 aliphatic carbocycles. The molecule has 0 saturated carbocycles. The van der Waals surface area contributed by atoms with Gasteiger partial charge in [0.05, 0.1) is 18.1 Å². The molecule has 1 heterocycles. The van der Waals surface area contributed by atoms with Crippen molar-refractivity contribution < 1.29 is 4.74 Å². The summed E-state index contributed by atoms with van der Waals surface area (Å²) in [5.41, 5.74) is 2.22. The summed E-state index contributed by atoms with van der Waals surface area (Å²) in [6.07, 6.45) is 2.10. The number of methoxy groups -OCH3 is 1. The van der Waals surface area contributed by atoms with Crippen LogP contribution in [-0.4, -0.2) is 29.2 Å². The molecular formula is C17H27N3O. The Morgan fingerprint density at radius 1 is 1.24 bits per heavy atom. The first-order valence-corrected chi connectivity index (χ1v) is 7.81. The van der Waals surface area contributed by atoms with Gasteiger partial charge >= 0.3 is 0 Å². The van der Waals surface area contributed by atoms with E-state index >= 15 is 0 Å². The van der Waals surface area contributed by atoms with Gasteiger partial charge in [-0.15, -0.1) is 0 Å². The van der Waals surface area contributed by atoms with Crippen LogP contribution in [0.1, 0.15) is 46.0 Å². The molecule has 0 radical (unpaired) electrons. The van der Waals surface area contributed by atoms with Crippen molar-refractivity contribution >= 4 is 11.0 Å². The number of rotatable bonds is 7. The van der Waals surface area contributed by atoms with Crippen LogP contribution in [0.2, 0.25) is 0 Å². The second kappa shape index (κ2) is 6.94. The summed E-state index contributed by atoms with van der Waals surface area (Å²) in [6.45, 7) is 9.80. The fraction of sp³-hybridized carbons (Fsp3) is 0.588. The average molecular weight is 289 g/mol. The van der Waals surface area contributed by atoms with Gasteiger partial charge in [0.2, 0.25) is 0 Å². The molecule has 1 N–H and O–H groups in total. The molecule has 0 aliphatic rings. The third-order valence-electron chi connectivity index (χ3n) is 3.62. The zero-order valence-corrected chi connectivity index (χ0v) is 13.8. The Kier molecular flexibility index (Phi) is 5.23. The standard InChI is InChI=1S/C17H27N3O/c1-12(2)18-10-6-7-17-19-15-11-14(21-5)8-9-16(15)20(17)13(3)4/h8-9,11-13,18H,6-7,10H2,1-5H3. The van der Waals surface area contributed by atoms with Crippen LogP contribution in [0.25, 0.3) is 11.0 Å². The molecule has 0 bridgehead atoms. The zero-order valence-electron chi connectivity index (χ0n) is 13.8. The maximum absolute atomic E-state index is 5.30. The molecule has 0 fully saturated rings. The molecule has 1 aromatic heterocycles. The van der Waals surface area contributed by atoms with Crippen molar-refractivity contribution in [3.05, 3.63) is 24.0 Å². The van der Waals surface area contributed by atoms with Crippen LogP contribution < -0.4 is 10.1 Å². The summed E-state index contributed by atoms with van der Waals surface area (Å²) < 4.78 is 7.63. The lowest BCUT2D eigenvalue weighted by Gasteiger charge is -2.13.